The number of halogens is 3. The summed E-state index contributed by atoms with van der Waals surface area (Å²) in [5.41, 5.74) is -0.0554. The van der Waals surface area contributed by atoms with Crippen molar-refractivity contribution < 1.29 is 27.6 Å². The van der Waals surface area contributed by atoms with Crippen molar-refractivity contribution in [2.24, 2.45) is 0 Å². The van der Waals surface area contributed by atoms with Crippen molar-refractivity contribution in [2.75, 3.05) is 39.1 Å². The van der Waals surface area contributed by atoms with Gasteiger partial charge in [0.1, 0.15) is 0 Å². The minimum absolute atomic E-state index is 0.0483. The molecular weight excluding hydrogens is 499 g/mol. The molecule has 0 radical (unpaired) electrons. The highest BCUT2D eigenvalue weighted by atomic mass is 19.4. The lowest BCUT2D eigenvalue weighted by molar-refractivity contribution is -0.137. The molecule has 1 N–H and O–H groups in total. The normalized spacial score (nSPS) is 16.1. The Hall–Kier alpha value is -4.17. The van der Waals surface area contributed by atoms with Crippen molar-refractivity contribution in [3.8, 4) is 6.07 Å². The molecular formula is C27H28F3N5O3. The number of likely N-dealkylation sites (N-methyl/N-ethyl adjacent to an activating group) is 2. The number of nitriles is 1. The number of Topliss-reactive ketones (excluding diaryl/α,β-unsaturated/α-hetero) is 1. The molecule has 1 unspecified atom stereocenters. The number of alkyl halides is 3. The van der Waals surface area contributed by atoms with E-state index in [0.717, 1.165) is 17.0 Å². The third-order valence-corrected chi connectivity index (χ3v) is 6.26. The van der Waals surface area contributed by atoms with Crippen LogP contribution in [0.3, 0.4) is 0 Å². The summed E-state index contributed by atoms with van der Waals surface area (Å²) in [5.74, 6) is -0.909. The first-order valence-corrected chi connectivity index (χ1v) is 11.7. The molecule has 38 heavy (non-hydrogen) atoms. The predicted octanol–water partition coefficient (Wildman–Crippen LogP) is 4.34. The van der Waals surface area contributed by atoms with Crippen LogP contribution in [0.15, 0.2) is 53.7 Å². The summed E-state index contributed by atoms with van der Waals surface area (Å²) < 4.78 is 40.1. The molecule has 1 aliphatic rings. The fourth-order valence-electron chi connectivity index (χ4n) is 4.41. The van der Waals surface area contributed by atoms with Gasteiger partial charge in [-0.05, 0) is 63.8 Å². The second-order valence-electron chi connectivity index (χ2n) is 9.21. The summed E-state index contributed by atoms with van der Waals surface area (Å²) >= 11 is 0. The van der Waals surface area contributed by atoms with E-state index in [1.54, 1.807) is 0 Å². The van der Waals surface area contributed by atoms with Crippen molar-refractivity contribution in [2.45, 2.75) is 26.1 Å². The number of hydrogen-bond acceptors (Lipinski definition) is 5. The Morgan fingerprint density at radius 2 is 1.84 bits per heavy atom. The zero-order chi connectivity index (χ0) is 28.4. The molecule has 0 bridgehead atoms. The van der Waals surface area contributed by atoms with E-state index in [2.05, 4.69) is 5.32 Å². The van der Waals surface area contributed by atoms with Crippen molar-refractivity contribution in [1.29, 1.82) is 5.26 Å². The maximum absolute atomic E-state index is 13.6. The minimum atomic E-state index is -4.62. The number of urea groups is 1. The maximum Gasteiger partial charge on any atom is 0.416 e. The van der Waals surface area contributed by atoms with E-state index in [1.165, 1.54) is 56.1 Å². The number of benzene rings is 2. The topological polar surface area (TPSA) is 96.7 Å². The molecule has 2 aromatic rings. The fraction of sp³-hybridized carbons (Fsp3) is 0.333. The summed E-state index contributed by atoms with van der Waals surface area (Å²) in [5, 5.41) is 12.2. The van der Waals surface area contributed by atoms with E-state index in [4.69, 9.17) is 0 Å². The van der Waals surface area contributed by atoms with E-state index >= 15 is 0 Å². The van der Waals surface area contributed by atoms with Crippen LogP contribution in [0.1, 0.15) is 46.9 Å². The third kappa shape index (κ3) is 5.70. The molecule has 0 aromatic heterocycles. The van der Waals surface area contributed by atoms with Gasteiger partial charge in [-0.1, -0.05) is 12.1 Å². The van der Waals surface area contributed by atoms with Crippen LogP contribution in [-0.2, 0) is 11.0 Å². The van der Waals surface area contributed by atoms with Crippen molar-refractivity contribution in [1.82, 2.24) is 15.1 Å². The van der Waals surface area contributed by atoms with Crippen LogP contribution in [0, 0.1) is 11.3 Å². The van der Waals surface area contributed by atoms with E-state index in [-0.39, 0.29) is 28.1 Å². The van der Waals surface area contributed by atoms with E-state index in [1.807, 2.05) is 25.1 Å². The van der Waals surface area contributed by atoms with Crippen molar-refractivity contribution in [3.63, 3.8) is 0 Å². The number of rotatable bonds is 7. The van der Waals surface area contributed by atoms with Gasteiger partial charge >= 0.3 is 12.2 Å². The molecule has 0 fully saturated rings. The van der Waals surface area contributed by atoms with Crippen LogP contribution in [0.5, 0.6) is 0 Å². The van der Waals surface area contributed by atoms with Crippen LogP contribution in [-0.4, -0.2) is 61.8 Å². The highest BCUT2D eigenvalue weighted by Gasteiger charge is 2.41. The zero-order valence-corrected chi connectivity index (χ0v) is 21.7. The highest BCUT2D eigenvalue weighted by Crippen LogP contribution is 2.41. The standard InChI is InChI=1S/C27H28F3N5O3/c1-16-23(17(2)36)24(21-10-9-18(15-31)13-22(21)25(37)32-11-12-33(3)4)34(5)26(38)35(16)20-8-6-7-19(14-20)27(28,29)30/h6-10,13-14,24H,11-12H2,1-5H3,(H,32,37). The molecule has 3 rings (SSSR count). The Morgan fingerprint density at radius 1 is 1.16 bits per heavy atom. The SMILES string of the molecule is CC(=O)C1=C(C)N(c2cccc(C(F)(F)F)c2)C(=O)N(C)C1c1ccc(C#N)cc1C(=O)NCCN(C)C. The second-order valence-corrected chi connectivity index (χ2v) is 9.21. The van der Waals surface area contributed by atoms with E-state index < -0.39 is 35.5 Å². The largest absolute Gasteiger partial charge is 0.416 e. The Bertz CT molecular complexity index is 1340. The van der Waals surface area contributed by atoms with Crippen molar-refractivity contribution in [3.05, 3.63) is 76.0 Å². The summed E-state index contributed by atoms with van der Waals surface area (Å²) in [6.07, 6.45) is -4.62. The number of nitrogens with zero attached hydrogens (tertiary/aromatic N) is 4. The number of allylic oxidation sites excluding steroid dienone is 1. The Morgan fingerprint density at radius 3 is 2.42 bits per heavy atom. The smallest absolute Gasteiger partial charge is 0.351 e. The number of carbonyl (C=O) groups excluding carboxylic acids is 3. The lowest BCUT2D eigenvalue weighted by Crippen LogP contribution is -2.49. The number of hydrogen-bond donors (Lipinski definition) is 1. The molecule has 3 amide bonds. The van der Waals surface area contributed by atoms with E-state index in [0.29, 0.717) is 18.7 Å². The lowest BCUT2D eigenvalue weighted by atomic mass is 9.87. The van der Waals surface area contributed by atoms with Crippen LogP contribution in [0.25, 0.3) is 0 Å². The Labute approximate surface area is 218 Å². The molecule has 11 heteroatoms. The van der Waals surface area contributed by atoms with Gasteiger partial charge in [-0.3, -0.25) is 14.5 Å². The number of ketones is 1. The second kappa shape index (κ2) is 11.1. The van der Waals surface area contributed by atoms with Gasteiger partial charge in [0.05, 0.1) is 28.9 Å². The van der Waals surface area contributed by atoms with Crippen LogP contribution in [0.4, 0.5) is 23.7 Å². The molecule has 1 aliphatic heterocycles. The molecule has 0 spiro atoms. The molecule has 1 atom stereocenters. The number of anilines is 1. The minimum Gasteiger partial charge on any atom is -0.351 e. The molecule has 1 heterocycles. The summed E-state index contributed by atoms with van der Waals surface area (Å²) in [7, 11) is 5.10. The van der Waals surface area contributed by atoms with Crippen LogP contribution in [0.2, 0.25) is 0 Å². The van der Waals surface area contributed by atoms with E-state index in [9.17, 15) is 32.8 Å². The monoisotopic (exact) mass is 527 g/mol. The van der Waals surface area contributed by atoms with Gasteiger partial charge in [-0.15, -0.1) is 0 Å². The van der Waals surface area contributed by atoms with Crippen molar-refractivity contribution >= 4 is 23.4 Å². The zero-order valence-electron chi connectivity index (χ0n) is 21.7. The molecule has 2 aromatic carbocycles. The van der Waals surface area contributed by atoms with Gasteiger partial charge in [0, 0.05) is 37.0 Å². The first-order valence-electron chi connectivity index (χ1n) is 11.7. The Kier molecular flexibility index (Phi) is 8.27. The van der Waals surface area contributed by atoms with Crippen LogP contribution >= 0.6 is 0 Å². The van der Waals surface area contributed by atoms with Gasteiger partial charge in [-0.25, -0.2) is 4.79 Å². The highest BCUT2D eigenvalue weighted by molar-refractivity contribution is 6.06. The quantitative estimate of drug-likeness (QED) is 0.578. The first-order chi connectivity index (χ1) is 17.8. The molecule has 0 saturated carbocycles. The molecule has 200 valence electrons. The first kappa shape index (κ1) is 28.4. The van der Waals surface area contributed by atoms with Gasteiger partial charge in [0.2, 0.25) is 0 Å². The summed E-state index contributed by atoms with van der Waals surface area (Å²) in [6, 6.07) is 8.98. The summed E-state index contributed by atoms with van der Waals surface area (Å²) in [4.78, 5) is 43.8. The van der Waals surface area contributed by atoms with Gasteiger partial charge < -0.3 is 15.1 Å². The number of amides is 3. The van der Waals surface area contributed by atoms with Gasteiger partial charge in [-0.2, -0.15) is 18.4 Å². The maximum atomic E-state index is 13.6. The lowest BCUT2D eigenvalue weighted by Gasteiger charge is -2.41. The molecule has 0 saturated heterocycles. The fourth-order valence-corrected chi connectivity index (χ4v) is 4.41. The Balaban J connectivity index is 2.17. The average molecular weight is 528 g/mol. The molecule has 0 aliphatic carbocycles. The van der Waals surface area contributed by atoms with Gasteiger partial charge in [0.25, 0.3) is 5.91 Å². The third-order valence-electron chi connectivity index (χ3n) is 6.26. The average Bonchev–Trinajstić information content (AvgIpc) is 2.85. The van der Waals surface area contributed by atoms with Crippen LogP contribution < -0.4 is 10.2 Å². The molecule has 8 nitrogen and oxygen atoms in total. The summed E-state index contributed by atoms with van der Waals surface area (Å²) in [6.45, 7) is 3.65. The number of carbonyl (C=O) groups is 3. The number of nitrogens with one attached hydrogen (secondary N) is 1. The van der Waals surface area contributed by atoms with Gasteiger partial charge in [0.15, 0.2) is 5.78 Å². The predicted molar refractivity (Wildman–Crippen MR) is 135 cm³/mol.